The summed E-state index contributed by atoms with van der Waals surface area (Å²) in [4.78, 5) is 16.0. The molecule has 18 heavy (non-hydrogen) atoms. The van der Waals surface area contributed by atoms with E-state index in [1.54, 1.807) is 32.5 Å². The molecule has 1 aliphatic rings. The lowest BCUT2D eigenvalue weighted by Crippen LogP contribution is -2.43. The smallest absolute Gasteiger partial charge is 0.270 e. The van der Waals surface area contributed by atoms with E-state index in [0.29, 0.717) is 18.0 Å². The van der Waals surface area contributed by atoms with Gasteiger partial charge in [-0.2, -0.15) is 0 Å². The highest BCUT2D eigenvalue weighted by Crippen LogP contribution is 2.11. The second kappa shape index (κ2) is 5.79. The molecule has 0 aromatic carbocycles. The van der Waals surface area contributed by atoms with Gasteiger partial charge in [0.2, 0.25) is 0 Å². The number of nitrogens with zero attached hydrogens (tertiary/aromatic N) is 1. The molecule has 2 N–H and O–H groups in total. The third kappa shape index (κ3) is 2.77. The van der Waals surface area contributed by atoms with Gasteiger partial charge in [-0.1, -0.05) is 0 Å². The molecule has 1 fully saturated rings. The highest BCUT2D eigenvalue weighted by molar-refractivity contribution is 5.92. The summed E-state index contributed by atoms with van der Waals surface area (Å²) in [7, 11) is 3.19. The molecule has 0 spiro atoms. The summed E-state index contributed by atoms with van der Waals surface area (Å²) in [5.41, 5.74) is 0.344. The van der Waals surface area contributed by atoms with Gasteiger partial charge in [-0.15, -0.1) is 0 Å². The Kier molecular flexibility index (Phi) is 4.11. The molecule has 0 aliphatic carbocycles. The van der Waals surface area contributed by atoms with Crippen LogP contribution in [0.5, 0.6) is 5.75 Å². The first-order valence-corrected chi connectivity index (χ1v) is 5.79. The SMILES string of the molecule is COc1ccnc(C(=O)N[C@H]2CNC[C@@H]2OC)c1. The number of pyridine rings is 1. The van der Waals surface area contributed by atoms with Crippen molar-refractivity contribution in [3.63, 3.8) is 0 Å². The predicted octanol–water partition coefficient (Wildman–Crippen LogP) is -0.193. The monoisotopic (exact) mass is 251 g/mol. The molecule has 2 rings (SSSR count). The first kappa shape index (κ1) is 12.8. The maximum Gasteiger partial charge on any atom is 0.270 e. The topological polar surface area (TPSA) is 72.5 Å². The number of carbonyl (C=O) groups is 1. The van der Waals surface area contributed by atoms with Crippen LogP contribution in [-0.4, -0.2) is 50.3 Å². The van der Waals surface area contributed by atoms with Gasteiger partial charge >= 0.3 is 0 Å². The maximum atomic E-state index is 12.0. The molecule has 2 atom stereocenters. The summed E-state index contributed by atoms with van der Waals surface area (Å²) in [6, 6.07) is 3.28. The van der Waals surface area contributed by atoms with E-state index in [4.69, 9.17) is 9.47 Å². The van der Waals surface area contributed by atoms with E-state index in [1.165, 1.54) is 0 Å². The fourth-order valence-corrected chi connectivity index (χ4v) is 1.95. The van der Waals surface area contributed by atoms with Crippen molar-refractivity contribution in [1.82, 2.24) is 15.6 Å². The van der Waals surface area contributed by atoms with E-state index in [-0.39, 0.29) is 18.1 Å². The number of rotatable bonds is 4. The van der Waals surface area contributed by atoms with Gasteiger partial charge in [0, 0.05) is 32.5 Å². The summed E-state index contributed by atoms with van der Waals surface area (Å²) >= 11 is 0. The number of nitrogens with one attached hydrogen (secondary N) is 2. The van der Waals surface area contributed by atoms with Gasteiger partial charge in [-0.05, 0) is 6.07 Å². The van der Waals surface area contributed by atoms with Crippen molar-refractivity contribution < 1.29 is 14.3 Å². The molecule has 98 valence electrons. The summed E-state index contributed by atoms with van der Waals surface area (Å²) < 4.78 is 10.3. The third-order valence-corrected chi connectivity index (χ3v) is 2.98. The van der Waals surface area contributed by atoms with E-state index in [0.717, 1.165) is 6.54 Å². The number of hydrogen-bond donors (Lipinski definition) is 2. The molecule has 1 aliphatic heterocycles. The van der Waals surface area contributed by atoms with Crippen LogP contribution in [-0.2, 0) is 4.74 Å². The molecule has 0 radical (unpaired) electrons. The molecule has 1 saturated heterocycles. The van der Waals surface area contributed by atoms with E-state index >= 15 is 0 Å². The highest BCUT2D eigenvalue weighted by atomic mass is 16.5. The van der Waals surface area contributed by atoms with Crippen molar-refractivity contribution in [1.29, 1.82) is 0 Å². The first-order chi connectivity index (χ1) is 8.74. The van der Waals surface area contributed by atoms with Gasteiger partial charge in [0.05, 0.1) is 19.3 Å². The fraction of sp³-hybridized carbons (Fsp3) is 0.500. The number of aromatic nitrogens is 1. The summed E-state index contributed by atoms with van der Waals surface area (Å²) in [6.45, 7) is 1.45. The van der Waals surface area contributed by atoms with Crippen LogP contribution >= 0.6 is 0 Å². The fourth-order valence-electron chi connectivity index (χ4n) is 1.95. The highest BCUT2D eigenvalue weighted by Gasteiger charge is 2.28. The van der Waals surface area contributed by atoms with Gasteiger partial charge in [0.1, 0.15) is 11.4 Å². The Balaban J connectivity index is 2.02. The second-order valence-corrected chi connectivity index (χ2v) is 4.09. The van der Waals surface area contributed by atoms with Crippen molar-refractivity contribution in [2.75, 3.05) is 27.3 Å². The van der Waals surface area contributed by atoms with Crippen molar-refractivity contribution in [2.45, 2.75) is 12.1 Å². The van der Waals surface area contributed by atoms with Crippen LogP contribution in [0.2, 0.25) is 0 Å². The average Bonchev–Trinajstić information content (AvgIpc) is 2.86. The van der Waals surface area contributed by atoms with Crippen LogP contribution in [0.3, 0.4) is 0 Å². The first-order valence-electron chi connectivity index (χ1n) is 5.79. The molecule has 6 nitrogen and oxygen atoms in total. The van der Waals surface area contributed by atoms with Gasteiger partial charge in [-0.25, -0.2) is 0 Å². The molecular weight excluding hydrogens is 234 g/mol. The van der Waals surface area contributed by atoms with Crippen molar-refractivity contribution >= 4 is 5.91 Å². The van der Waals surface area contributed by atoms with Crippen LogP contribution < -0.4 is 15.4 Å². The molecule has 0 unspecified atom stereocenters. The minimum Gasteiger partial charge on any atom is -0.497 e. The van der Waals surface area contributed by atoms with E-state index < -0.39 is 0 Å². The lowest BCUT2D eigenvalue weighted by molar-refractivity contribution is 0.0776. The Morgan fingerprint density at radius 3 is 3.06 bits per heavy atom. The number of carbonyl (C=O) groups excluding carboxylic acids is 1. The van der Waals surface area contributed by atoms with Crippen molar-refractivity contribution in [2.24, 2.45) is 0 Å². The van der Waals surface area contributed by atoms with Crippen LogP contribution in [0.1, 0.15) is 10.5 Å². The zero-order valence-electron chi connectivity index (χ0n) is 10.5. The normalized spacial score (nSPS) is 22.8. The zero-order valence-corrected chi connectivity index (χ0v) is 10.5. The van der Waals surface area contributed by atoms with E-state index in [1.807, 2.05) is 0 Å². The van der Waals surface area contributed by atoms with Gasteiger partial charge in [0.25, 0.3) is 5.91 Å². The lowest BCUT2D eigenvalue weighted by Gasteiger charge is -2.18. The molecular formula is C12H17N3O3. The minimum absolute atomic E-state index is 0.000409. The summed E-state index contributed by atoms with van der Waals surface area (Å²) in [5, 5.41) is 6.07. The number of ether oxygens (including phenoxy) is 2. The van der Waals surface area contributed by atoms with Gasteiger partial charge < -0.3 is 20.1 Å². The Labute approximate surface area is 106 Å². The summed E-state index contributed by atoms with van der Waals surface area (Å²) in [6.07, 6.45) is 1.55. The van der Waals surface area contributed by atoms with Crippen molar-refractivity contribution in [3.8, 4) is 5.75 Å². The van der Waals surface area contributed by atoms with Crippen molar-refractivity contribution in [3.05, 3.63) is 24.0 Å². The number of methoxy groups -OCH3 is 2. The van der Waals surface area contributed by atoms with Crippen LogP contribution in [0.15, 0.2) is 18.3 Å². The van der Waals surface area contributed by atoms with Crippen LogP contribution in [0.25, 0.3) is 0 Å². The molecule has 6 heteroatoms. The lowest BCUT2D eigenvalue weighted by atomic mass is 10.2. The molecule has 2 heterocycles. The Morgan fingerprint density at radius 2 is 2.33 bits per heavy atom. The molecule has 1 aromatic rings. The van der Waals surface area contributed by atoms with Crippen LogP contribution in [0, 0.1) is 0 Å². The second-order valence-electron chi connectivity index (χ2n) is 4.09. The largest absolute Gasteiger partial charge is 0.497 e. The number of hydrogen-bond acceptors (Lipinski definition) is 5. The predicted molar refractivity (Wildman–Crippen MR) is 65.7 cm³/mol. The molecule has 0 saturated carbocycles. The quantitative estimate of drug-likeness (QED) is 0.776. The third-order valence-electron chi connectivity index (χ3n) is 2.98. The molecule has 0 bridgehead atoms. The molecule has 1 aromatic heterocycles. The summed E-state index contributed by atoms with van der Waals surface area (Å²) in [5.74, 6) is 0.396. The standard InChI is InChI=1S/C12H17N3O3/c1-17-8-3-4-14-9(5-8)12(16)15-10-6-13-7-11(10)18-2/h3-5,10-11,13H,6-7H2,1-2H3,(H,15,16)/t10-,11-/m0/s1. The minimum atomic E-state index is -0.218. The van der Waals surface area contributed by atoms with Crippen LogP contribution in [0.4, 0.5) is 0 Å². The Hall–Kier alpha value is -1.66. The maximum absolute atomic E-state index is 12.0. The number of amides is 1. The Bertz CT molecular complexity index is 425. The average molecular weight is 251 g/mol. The van der Waals surface area contributed by atoms with E-state index in [2.05, 4.69) is 15.6 Å². The Morgan fingerprint density at radius 1 is 1.50 bits per heavy atom. The van der Waals surface area contributed by atoms with E-state index in [9.17, 15) is 4.79 Å². The molecule has 1 amide bonds. The zero-order chi connectivity index (χ0) is 13.0. The van der Waals surface area contributed by atoms with Gasteiger partial charge in [0.15, 0.2) is 0 Å². The van der Waals surface area contributed by atoms with Gasteiger partial charge in [-0.3, -0.25) is 9.78 Å².